The minimum absolute atomic E-state index is 0.0556. The summed E-state index contributed by atoms with van der Waals surface area (Å²) in [5.74, 6) is 4.43. The van der Waals surface area contributed by atoms with Gasteiger partial charge in [-0.05, 0) is 12.2 Å². The van der Waals surface area contributed by atoms with Crippen LogP contribution in [-0.4, -0.2) is 30.5 Å². The number of nitrogens with two attached hydrogens (primary N) is 1. The van der Waals surface area contributed by atoms with E-state index in [0.29, 0.717) is 0 Å². The van der Waals surface area contributed by atoms with Crippen LogP contribution in [-0.2, 0) is 14.3 Å². The Kier molecular flexibility index (Phi) is 6.59. The van der Waals surface area contributed by atoms with Gasteiger partial charge in [0.2, 0.25) is 0 Å². The first-order chi connectivity index (χ1) is 6.60. The molecule has 0 aromatic carbocycles. The van der Waals surface area contributed by atoms with E-state index in [9.17, 15) is 9.59 Å². The minimum Gasteiger partial charge on any atom is -0.469 e. The summed E-state index contributed by atoms with van der Waals surface area (Å²) in [5.41, 5.74) is 2.17. The fourth-order valence-corrected chi connectivity index (χ4v) is 0.734. The van der Waals surface area contributed by atoms with Crippen molar-refractivity contribution in [3.8, 4) is 0 Å². The highest BCUT2D eigenvalue weighted by atomic mass is 32.1. The lowest BCUT2D eigenvalue weighted by Gasteiger charge is -2.05. The monoisotopic (exact) mass is 219 g/mol. The molecule has 0 heterocycles. The molecule has 80 valence electrons. The van der Waals surface area contributed by atoms with Gasteiger partial charge >= 0.3 is 5.97 Å². The summed E-state index contributed by atoms with van der Waals surface area (Å²) in [6, 6.07) is 0. The number of methoxy groups -OCH3 is 1. The Labute approximate surface area is 87.1 Å². The van der Waals surface area contributed by atoms with Crippen LogP contribution in [0.3, 0.4) is 0 Å². The summed E-state index contributed by atoms with van der Waals surface area (Å²) in [6.07, 6.45) is 0.215. The molecule has 6 nitrogen and oxygen atoms in total. The minimum atomic E-state index is -0.405. The highest BCUT2D eigenvalue weighted by molar-refractivity contribution is 7.80. The van der Waals surface area contributed by atoms with E-state index in [2.05, 4.69) is 27.7 Å². The normalized spacial score (nSPS) is 9.00. The number of ether oxygens (including phenoxy) is 1. The molecule has 0 aromatic heterocycles. The van der Waals surface area contributed by atoms with Crippen molar-refractivity contribution in [2.75, 3.05) is 13.7 Å². The van der Waals surface area contributed by atoms with E-state index < -0.39 is 5.97 Å². The van der Waals surface area contributed by atoms with E-state index in [1.165, 1.54) is 7.11 Å². The summed E-state index contributed by atoms with van der Waals surface area (Å²) >= 11 is 4.64. The molecule has 0 spiro atoms. The molecule has 0 aliphatic heterocycles. The maximum absolute atomic E-state index is 11.1. The Morgan fingerprint density at radius 1 is 1.43 bits per heavy atom. The van der Waals surface area contributed by atoms with E-state index in [4.69, 9.17) is 5.84 Å². The van der Waals surface area contributed by atoms with Gasteiger partial charge in [0.15, 0.2) is 10.9 Å². The van der Waals surface area contributed by atoms with Gasteiger partial charge in [0.1, 0.15) is 0 Å². The third kappa shape index (κ3) is 6.32. The number of rotatable bonds is 5. The van der Waals surface area contributed by atoms with Crippen molar-refractivity contribution < 1.29 is 14.3 Å². The fraction of sp³-hybridized carbons (Fsp3) is 0.571. The maximum Gasteiger partial charge on any atom is 0.305 e. The molecule has 0 saturated heterocycles. The van der Waals surface area contributed by atoms with Crippen LogP contribution in [0.4, 0.5) is 0 Å². The molecule has 0 radical (unpaired) electrons. The number of hydrogen-bond acceptors (Lipinski definition) is 5. The second-order valence-corrected chi connectivity index (χ2v) is 2.85. The lowest BCUT2D eigenvalue weighted by Crippen LogP contribution is -2.41. The lowest BCUT2D eigenvalue weighted by atomic mass is 10.2. The maximum atomic E-state index is 11.1. The molecule has 0 saturated carbocycles. The molecular weight excluding hydrogens is 206 g/mol. The number of hydrogen-bond donors (Lipinski definition) is 3. The molecule has 0 rings (SSSR count). The van der Waals surface area contributed by atoms with Crippen LogP contribution in [0.25, 0.3) is 0 Å². The summed E-state index contributed by atoms with van der Waals surface area (Å²) in [6.45, 7) is 0.0556. The molecule has 0 unspecified atom stereocenters. The number of hydrazine groups is 1. The van der Waals surface area contributed by atoms with Gasteiger partial charge in [-0.25, -0.2) is 5.84 Å². The molecule has 0 atom stereocenters. The number of Topliss-reactive ketones (excluding diaryl/α,β-unsaturated/α-hetero) is 1. The van der Waals surface area contributed by atoms with Crippen LogP contribution in [0.1, 0.15) is 12.8 Å². The van der Waals surface area contributed by atoms with Crippen molar-refractivity contribution in [2.45, 2.75) is 12.8 Å². The number of thiocarbonyl (C=S) groups is 1. The van der Waals surface area contributed by atoms with Crippen molar-refractivity contribution in [1.29, 1.82) is 0 Å². The van der Waals surface area contributed by atoms with Gasteiger partial charge in [-0.15, -0.1) is 0 Å². The zero-order valence-corrected chi connectivity index (χ0v) is 8.65. The second-order valence-electron chi connectivity index (χ2n) is 2.44. The second kappa shape index (κ2) is 7.22. The smallest absolute Gasteiger partial charge is 0.305 e. The Hall–Kier alpha value is -1.21. The van der Waals surface area contributed by atoms with Crippen molar-refractivity contribution in [2.24, 2.45) is 5.84 Å². The predicted octanol–water partition coefficient (Wildman–Crippen LogP) is -1.15. The van der Waals surface area contributed by atoms with Gasteiger partial charge in [0.05, 0.1) is 20.1 Å². The number of ketones is 1. The van der Waals surface area contributed by atoms with Crippen LogP contribution < -0.4 is 16.6 Å². The SMILES string of the molecule is COC(=O)CCC(=O)CNC(=S)NN. The highest BCUT2D eigenvalue weighted by Gasteiger charge is 2.06. The average molecular weight is 219 g/mol. The van der Waals surface area contributed by atoms with E-state index in [0.717, 1.165) is 0 Å². The van der Waals surface area contributed by atoms with Gasteiger partial charge < -0.3 is 15.5 Å². The van der Waals surface area contributed by atoms with E-state index in [-0.39, 0.29) is 30.3 Å². The first-order valence-electron chi connectivity index (χ1n) is 3.93. The quantitative estimate of drug-likeness (QED) is 0.232. The number of esters is 1. The summed E-state index contributed by atoms with van der Waals surface area (Å²) in [7, 11) is 1.28. The molecule has 14 heavy (non-hydrogen) atoms. The lowest BCUT2D eigenvalue weighted by molar-refractivity contribution is -0.141. The Morgan fingerprint density at radius 2 is 2.07 bits per heavy atom. The largest absolute Gasteiger partial charge is 0.469 e. The van der Waals surface area contributed by atoms with Crippen LogP contribution in [0.5, 0.6) is 0 Å². The van der Waals surface area contributed by atoms with Gasteiger partial charge in [0.25, 0.3) is 0 Å². The molecule has 0 aliphatic carbocycles. The van der Waals surface area contributed by atoms with Gasteiger partial charge in [0, 0.05) is 6.42 Å². The van der Waals surface area contributed by atoms with Gasteiger partial charge in [-0.3, -0.25) is 9.59 Å². The first kappa shape index (κ1) is 12.8. The van der Waals surface area contributed by atoms with Crippen molar-refractivity contribution in [3.05, 3.63) is 0 Å². The standard InChI is InChI=1S/C7H13N3O3S/c1-13-6(12)3-2-5(11)4-9-7(14)10-8/h2-4,8H2,1H3,(H2,9,10,14). The van der Waals surface area contributed by atoms with Gasteiger partial charge in [-0.2, -0.15) is 0 Å². The highest BCUT2D eigenvalue weighted by Crippen LogP contribution is 1.92. The zero-order valence-electron chi connectivity index (χ0n) is 7.83. The fourth-order valence-electron chi connectivity index (χ4n) is 0.662. The Bertz CT molecular complexity index is 210. The molecular formula is C7H13N3O3S. The van der Waals surface area contributed by atoms with E-state index in [1.54, 1.807) is 0 Å². The van der Waals surface area contributed by atoms with Crippen molar-refractivity contribution >= 4 is 29.1 Å². The molecule has 4 N–H and O–H groups in total. The molecule has 0 aromatic rings. The number of carbonyl (C=O) groups is 2. The van der Waals surface area contributed by atoms with E-state index >= 15 is 0 Å². The Balaban J connectivity index is 3.56. The van der Waals surface area contributed by atoms with Crippen LogP contribution in [0.2, 0.25) is 0 Å². The number of carbonyl (C=O) groups excluding carboxylic acids is 2. The van der Waals surface area contributed by atoms with Crippen LogP contribution in [0.15, 0.2) is 0 Å². The third-order valence-electron chi connectivity index (χ3n) is 1.41. The Morgan fingerprint density at radius 3 is 2.57 bits per heavy atom. The number of nitrogens with one attached hydrogen (secondary N) is 2. The van der Waals surface area contributed by atoms with Gasteiger partial charge in [-0.1, -0.05) is 0 Å². The molecule has 0 amide bonds. The van der Waals surface area contributed by atoms with Crippen LogP contribution in [0, 0.1) is 0 Å². The van der Waals surface area contributed by atoms with Crippen molar-refractivity contribution in [3.63, 3.8) is 0 Å². The molecule has 0 bridgehead atoms. The third-order valence-corrected chi connectivity index (χ3v) is 1.68. The molecule has 0 fully saturated rings. The average Bonchev–Trinajstić information content (AvgIpc) is 2.22. The van der Waals surface area contributed by atoms with Crippen molar-refractivity contribution in [1.82, 2.24) is 10.7 Å². The van der Waals surface area contributed by atoms with E-state index in [1.807, 2.05) is 0 Å². The molecule has 0 aliphatic rings. The van der Waals surface area contributed by atoms with Crippen LogP contribution >= 0.6 is 12.2 Å². The summed E-state index contributed by atoms with van der Waals surface area (Å²) in [5, 5.41) is 2.76. The molecule has 7 heteroatoms. The topological polar surface area (TPSA) is 93.5 Å². The first-order valence-corrected chi connectivity index (χ1v) is 4.34. The predicted molar refractivity (Wildman–Crippen MR) is 54.2 cm³/mol. The zero-order chi connectivity index (χ0) is 11.0. The summed E-state index contributed by atoms with van der Waals surface area (Å²) < 4.78 is 4.38. The summed E-state index contributed by atoms with van der Waals surface area (Å²) in [4.78, 5) is 21.7.